The fraction of sp³-hybridized carbons (Fsp3) is 0.316. The van der Waals surface area contributed by atoms with Crippen molar-refractivity contribution in [2.75, 3.05) is 23.9 Å². The van der Waals surface area contributed by atoms with Gasteiger partial charge in [-0.1, -0.05) is 25.4 Å². The van der Waals surface area contributed by atoms with Crippen LogP contribution in [0.15, 0.2) is 57.2 Å². The van der Waals surface area contributed by atoms with E-state index in [0.717, 1.165) is 9.79 Å². The zero-order valence-corrected chi connectivity index (χ0v) is 19.1. The molecule has 0 aromatic heterocycles. The van der Waals surface area contributed by atoms with Crippen molar-refractivity contribution in [3.63, 3.8) is 0 Å². The van der Waals surface area contributed by atoms with Crippen molar-refractivity contribution in [2.24, 2.45) is 5.92 Å². The molecule has 152 valence electrons. The maximum absolute atomic E-state index is 12.6. The van der Waals surface area contributed by atoms with E-state index in [0.29, 0.717) is 16.5 Å². The van der Waals surface area contributed by atoms with E-state index in [-0.39, 0.29) is 23.3 Å². The molecule has 2 aromatic carbocycles. The molecule has 2 aromatic rings. The van der Waals surface area contributed by atoms with Crippen molar-refractivity contribution < 1.29 is 13.2 Å². The summed E-state index contributed by atoms with van der Waals surface area (Å²) >= 11 is 8.84. The van der Waals surface area contributed by atoms with Crippen LogP contribution in [0.2, 0.25) is 5.02 Å². The normalized spacial score (nSPS) is 11.6. The third-order valence-corrected chi connectivity index (χ3v) is 7.26. The number of hydrogen-bond acceptors (Lipinski definition) is 5. The number of hydrogen-bond donors (Lipinski definition) is 2. The highest BCUT2D eigenvalue weighted by molar-refractivity contribution is 7.99. The van der Waals surface area contributed by atoms with Crippen LogP contribution in [0, 0.1) is 5.92 Å². The van der Waals surface area contributed by atoms with Gasteiger partial charge in [0, 0.05) is 33.0 Å². The van der Waals surface area contributed by atoms with Crippen LogP contribution in [0.25, 0.3) is 0 Å². The standard InChI is InChI=1S/C19H23ClN2O3S3/c1-13(2)19(23)22-17-12-16(8-9-18(17)26-3)28(24,25)21-10-11-27-15-6-4-14(20)5-7-15/h4-9,12-13,21H,10-11H2,1-3H3,(H,22,23). The molecule has 28 heavy (non-hydrogen) atoms. The molecule has 5 nitrogen and oxygen atoms in total. The molecule has 2 N–H and O–H groups in total. The first-order valence-electron chi connectivity index (χ1n) is 8.60. The summed E-state index contributed by atoms with van der Waals surface area (Å²) in [5.74, 6) is 0.232. The molecule has 0 fully saturated rings. The van der Waals surface area contributed by atoms with Crippen LogP contribution >= 0.6 is 35.1 Å². The van der Waals surface area contributed by atoms with Gasteiger partial charge in [-0.2, -0.15) is 0 Å². The summed E-state index contributed by atoms with van der Waals surface area (Å²) in [7, 11) is -3.67. The summed E-state index contributed by atoms with van der Waals surface area (Å²) in [4.78, 5) is 14.0. The molecule has 0 spiro atoms. The van der Waals surface area contributed by atoms with Gasteiger partial charge in [-0.25, -0.2) is 13.1 Å². The third kappa shape index (κ3) is 6.70. The van der Waals surface area contributed by atoms with Crippen molar-refractivity contribution in [3.05, 3.63) is 47.5 Å². The third-order valence-electron chi connectivity index (χ3n) is 3.74. The van der Waals surface area contributed by atoms with Gasteiger partial charge in [-0.15, -0.1) is 23.5 Å². The summed E-state index contributed by atoms with van der Waals surface area (Å²) in [6.45, 7) is 3.86. The van der Waals surface area contributed by atoms with Gasteiger partial charge in [0.1, 0.15) is 0 Å². The van der Waals surface area contributed by atoms with Crippen molar-refractivity contribution in [1.82, 2.24) is 4.72 Å². The first-order chi connectivity index (χ1) is 13.2. The summed E-state index contributed by atoms with van der Waals surface area (Å²) < 4.78 is 27.8. The molecule has 0 heterocycles. The average molecular weight is 459 g/mol. The molecule has 9 heteroatoms. The number of thioether (sulfide) groups is 2. The fourth-order valence-corrected chi connectivity index (χ4v) is 4.80. The Bertz CT molecular complexity index is 917. The number of amides is 1. The zero-order valence-electron chi connectivity index (χ0n) is 15.9. The van der Waals surface area contributed by atoms with Gasteiger partial charge >= 0.3 is 0 Å². The number of anilines is 1. The Morgan fingerprint density at radius 2 is 1.82 bits per heavy atom. The van der Waals surface area contributed by atoms with Crippen LogP contribution in [-0.2, 0) is 14.8 Å². The smallest absolute Gasteiger partial charge is 0.240 e. The van der Waals surface area contributed by atoms with Gasteiger partial charge in [0.2, 0.25) is 15.9 Å². The molecule has 0 atom stereocenters. The second kappa shape index (κ2) is 10.5. The first-order valence-corrected chi connectivity index (χ1v) is 12.7. The Morgan fingerprint density at radius 3 is 2.43 bits per heavy atom. The van der Waals surface area contributed by atoms with Crippen LogP contribution in [0.1, 0.15) is 13.8 Å². The minimum atomic E-state index is -3.67. The molecule has 1 amide bonds. The lowest BCUT2D eigenvalue weighted by atomic mass is 10.2. The van der Waals surface area contributed by atoms with Gasteiger partial charge in [-0.05, 0) is 48.7 Å². The summed E-state index contributed by atoms with van der Waals surface area (Å²) in [6, 6.07) is 12.1. The second-order valence-electron chi connectivity index (χ2n) is 6.21. The number of sulfonamides is 1. The van der Waals surface area contributed by atoms with Gasteiger partial charge in [0.05, 0.1) is 10.6 Å². The number of carbonyl (C=O) groups excluding carboxylic acids is 1. The monoisotopic (exact) mass is 458 g/mol. The molecule has 0 saturated carbocycles. The summed E-state index contributed by atoms with van der Waals surface area (Å²) in [6.07, 6.45) is 1.88. The fourth-order valence-electron chi connectivity index (χ4n) is 2.19. The van der Waals surface area contributed by atoms with E-state index >= 15 is 0 Å². The van der Waals surface area contributed by atoms with Gasteiger partial charge < -0.3 is 5.32 Å². The average Bonchev–Trinajstić information content (AvgIpc) is 2.66. The second-order valence-corrected chi connectivity index (χ2v) is 10.4. The number of rotatable bonds is 9. The predicted molar refractivity (Wildman–Crippen MR) is 119 cm³/mol. The number of nitrogens with one attached hydrogen (secondary N) is 2. The van der Waals surface area contributed by atoms with Gasteiger partial charge in [0.15, 0.2) is 0 Å². The van der Waals surface area contributed by atoms with Crippen LogP contribution in [0.4, 0.5) is 5.69 Å². The largest absolute Gasteiger partial charge is 0.325 e. The molecule has 0 aliphatic carbocycles. The van der Waals surface area contributed by atoms with E-state index < -0.39 is 10.0 Å². The van der Waals surface area contributed by atoms with Crippen molar-refractivity contribution in [2.45, 2.75) is 28.5 Å². The molecular formula is C19H23ClN2O3S3. The van der Waals surface area contributed by atoms with Crippen molar-refractivity contribution >= 4 is 56.7 Å². The van der Waals surface area contributed by atoms with Crippen LogP contribution < -0.4 is 10.0 Å². The minimum Gasteiger partial charge on any atom is -0.325 e. The van der Waals surface area contributed by atoms with E-state index in [4.69, 9.17) is 11.6 Å². The number of benzene rings is 2. The van der Waals surface area contributed by atoms with E-state index in [9.17, 15) is 13.2 Å². The number of halogens is 1. The molecule has 0 saturated heterocycles. The maximum Gasteiger partial charge on any atom is 0.240 e. The molecule has 0 bridgehead atoms. The van der Waals surface area contributed by atoms with Crippen molar-refractivity contribution in [1.29, 1.82) is 0 Å². The predicted octanol–water partition coefficient (Wildman–Crippen LogP) is 4.73. The summed E-state index contributed by atoms with van der Waals surface area (Å²) in [5, 5.41) is 3.47. The SMILES string of the molecule is CSc1ccc(S(=O)(=O)NCCSc2ccc(Cl)cc2)cc1NC(=O)C(C)C. The lowest BCUT2D eigenvalue weighted by molar-refractivity contribution is -0.118. The zero-order chi connectivity index (χ0) is 20.7. The molecule has 0 radical (unpaired) electrons. The van der Waals surface area contributed by atoms with Gasteiger partial charge in [-0.3, -0.25) is 4.79 Å². The van der Waals surface area contributed by atoms with E-state index in [1.807, 2.05) is 18.4 Å². The molecular weight excluding hydrogens is 436 g/mol. The highest BCUT2D eigenvalue weighted by Gasteiger charge is 2.17. The minimum absolute atomic E-state index is 0.126. The van der Waals surface area contributed by atoms with E-state index in [1.54, 1.807) is 38.1 Å². The first kappa shape index (κ1) is 23.1. The lowest BCUT2D eigenvalue weighted by Gasteiger charge is -2.14. The quantitative estimate of drug-likeness (QED) is 0.419. The van der Waals surface area contributed by atoms with Crippen molar-refractivity contribution in [3.8, 4) is 0 Å². The van der Waals surface area contributed by atoms with Gasteiger partial charge in [0.25, 0.3) is 0 Å². The topological polar surface area (TPSA) is 75.3 Å². The van der Waals surface area contributed by atoms with Crippen LogP contribution in [0.3, 0.4) is 0 Å². The summed E-state index contributed by atoms with van der Waals surface area (Å²) in [5.41, 5.74) is 0.504. The van der Waals surface area contributed by atoms with E-state index in [1.165, 1.54) is 29.6 Å². The Morgan fingerprint density at radius 1 is 1.14 bits per heavy atom. The van der Waals surface area contributed by atoms with Crippen LogP contribution in [0.5, 0.6) is 0 Å². The Hall–Kier alpha value is -1.19. The Balaban J connectivity index is 2.03. The van der Waals surface area contributed by atoms with E-state index in [2.05, 4.69) is 10.0 Å². The van der Waals surface area contributed by atoms with Crippen LogP contribution in [-0.4, -0.2) is 32.9 Å². The highest BCUT2D eigenvalue weighted by atomic mass is 35.5. The molecule has 0 aliphatic heterocycles. The Labute approximate surface area is 180 Å². The highest BCUT2D eigenvalue weighted by Crippen LogP contribution is 2.28. The maximum atomic E-state index is 12.6. The molecule has 0 unspecified atom stereocenters. The Kier molecular flexibility index (Phi) is 8.70. The lowest BCUT2D eigenvalue weighted by Crippen LogP contribution is -2.26. The number of carbonyl (C=O) groups is 1. The molecule has 0 aliphatic rings. The molecule has 2 rings (SSSR count).